The summed E-state index contributed by atoms with van der Waals surface area (Å²) in [7, 11) is 1.52. The lowest BCUT2D eigenvalue weighted by Gasteiger charge is -2.16. The van der Waals surface area contributed by atoms with E-state index < -0.39 is 5.82 Å². The van der Waals surface area contributed by atoms with E-state index >= 15 is 0 Å². The number of nitrogens with zero attached hydrogens (tertiary/aromatic N) is 1. The number of hydrogen-bond acceptors (Lipinski definition) is 3. The third-order valence-electron chi connectivity index (χ3n) is 3.27. The first-order valence-corrected chi connectivity index (χ1v) is 7.35. The van der Waals surface area contributed by atoms with Crippen LogP contribution in [-0.4, -0.2) is 18.1 Å². The molecular weight excluding hydrogens is 321 g/mol. The van der Waals surface area contributed by atoms with Gasteiger partial charge in [-0.3, -0.25) is 4.98 Å². The van der Waals surface area contributed by atoms with Gasteiger partial charge in [-0.25, -0.2) is 9.18 Å². The molecule has 1 aromatic heterocycles. The highest BCUT2D eigenvalue weighted by atomic mass is 35.5. The lowest BCUT2D eigenvalue weighted by molar-refractivity contribution is 0.237. The number of rotatable bonds is 5. The van der Waals surface area contributed by atoms with E-state index in [1.54, 1.807) is 19.1 Å². The molecule has 2 N–H and O–H groups in total. The standard InChI is InChI=1S/C16H17ClFN3O2/c1-10(12-6-13(18)9-19-7-12)21-16(22)20-8-11-4-3-5-14(17)15(11)23-2/h3-7,9-10H,8H2,1-2H3,(H2,20,21,22)/t10-/m0/s1. The van der Waals surface area contributed by atoms with Gasteiger partial charge >= 0.3 is 6.03 Å². The largest absolute Gasteiger partial charge is 0.495 e. The van der Waals surface area contributed by atoms with Gasteiger partial charge in [0, 0.05) is 18.3 Å². The molecule has 0 unspecified atom stereocenters. The number of urea groups is 1. The lowest BCUT2D eigenvalue weighted by atomic mass is 10.1. The van der Waals surface area contributed by atoms with E-state index in [-0.39, 0.29) is 18.6 Å². The topological polar surface area (TPSA) is 63.2 Å². The van der Waals surface area contributed by atoms with Crippen molar-refractivity contribution in [3.63, 3.8) is 0 Å². The van der Waals surface area contributed by atoms with Crippen molar-refractivity contribution in [2.45, 2.75) is 19.5 Å². The van der Waals surface area contributed by atoms with E-state index in [0.717, 1.165) is 11.8 Å². The van der Waals surface area contributed by atoms with Gasteiger partial charge in [0.25, 0.3) is 0 Å². The molecule has 0 aliphatic heterocycles. The molecule has 2 rings (SSSR count). The van der Waals surface area contributed by atoms with Crippen LogP contribution in [0.5, 0.6) is 5.75 Å². The van der Waals surface area contributed by atoms with Gasteiger partial charge in [-0.05, 0) is 24.6 Å². The van der Waals surface area contributed by atoms with Gasteiger partial charge in [-0.1, -0.05) is 23.7 Å². The number of methoxy groups -OCH3 is 1. The number of ether oxygens (including phenoxy) is 1. The highest BCUT2D eigenvalue weighted by Crippen LogP contribution is 2.28. The predicted molar refractivity (Wildman–Crippen MR) is 86.0 cm³/mol. The van der Waals surface area contributed by atoms with Crippen molar-refractivity contribution in [2.75, 3.05) is 7.11 Å². The van der Waals surface area contributed by atoms with Crippen LogP contribution >= 0.6 is 11.6 Å². The summed E-state index contributed by atoms with van der Waals surface area (Å²) in [4.78, 5) is 15.7. The monoisotopic (exact) mass is 337 g/mol. The van der Waals surface area contributed by atoms with Gasteiger partial charge in [-0.2, -0.15) is 0 Å². The fourth-order valence-corrected chi connectivity index (χ4v) is 2.36. The quantitative estimate of drug-likeness (QED) is 0.878. The van der Waals surface area contributed by atoms with E-state index in [0.29, 0.717) is 16.3 Å². The van der Waals surface area contributed by atoms with Crippen molar-refractivity contribution in [1.29, 1.82) is 0 Å². The maximum Gasteiger partial charge on any atom is 0.315 e. The summed E-state index contributed by atoms with van der Waals surface area (Å²) in [6, 6.07) is 5.87. The first-order valence-electron chi connectivity index (χ1n) is 6.97. The molecule has 1 aromatic carbocycles. The number of benzene rings is 1. The minimum atomic E-state index is -0.444. The molecule has 0 bridgehead atoms. The number of para-hydroxylation sites is 1. The minimum absolute atomic E-state index is 0.254. The Balaban J connectivity index is 1.94. The zero-order chi connectivity index (χ0) is 16.8. The Kier molecular flexibility index (Phi) is 5.76. The van der Waals surface area contributed by atoms with Gasteiger partial charge in [-0.15, -0.1) is 0 Å². The molecule has 0 spiro atoms. The average Bonchev–Trinajstić information content (AvgIpc) is 2.53. The van der Waals surface area contributed by atoms with E-state index in [1.807, 2.05) is 6.07 Å². The first kappa shape index (κ1) is 17.0. The second kappa shape index (κ2) is 7.78. The Morgan fingerprint density at radius 1 is 1.43 bits per heavy atom. The third-order valence-corrected chi connectivity index (χ3v) is 3.56. The number of carbonyl (C=O) groups is 1. The van der Waals surface area contributed by atoms with Crippen molar-refractivity contribution in [3.05, 3.63) is 58.6 Å². The van der Waals surface area contributed by atoms with Crippen LogP contribution in [0.2, 0.25) is 5.02 Å². The molecule has 0 saturated heterocycles. The zero-order valence-electron chi connectivity index (χ0n) is 12.8. The normalized spacial score (nSPS) is 11.7. The summed E-state index contributed by atoms with van der Waals surface area (Å²) >= 11 is 6.03. The fourth-order valence-electron chi connectivity index (χ4n) is 2.09. The van der Waals surface area contributed by atoms with E-state index in [4.69, 9.17) is 16.3 Å². The minimum Gasteiger partial charge on any atom is -0.495 e. The zero-order valence-corrected chi connectivity index (χ0v) is 13.5. The van der Waals surface area contributed by atoms with Crippen LogP contribution in [0, 0.1) is 5.82 Å². The number of nitrogens with one attached hydrogen (secondary N) is 2. The van der Waals surface area contributed by atoms with Crippen LogP contribution in [-0.2, 0) is 6.54 Å². The summed E-state index contributed by atoms with van der Waals surface area (Å²) in [5.74, 6) is 0.0806. The van der Waals surface area contributed by atoms with Crippen LogP contribution < -0.4 is 15.4 Å². The molecule has 2 amide bonds. The van der Waals surface area contributed by atoms with Crippen molar-refractivity contribution in [1.82, 2.24) is 15.6 Å². The van der Waals surface area contributed by atoms with E-state index in [2.05, 4.69) is 15.6 Å². The lowest BCUT2D eigenvalue weighted by Crippen LogP contribution is -2.36. The molecule has 122 valence electrons. The van der Waals surface area contributed by atoms with Crippen LogP contribution in [0.15, 0.2) is 36.7 Å². The van der Waals surface area contributed by atoms with Crippen LogP contribution in [0.1, 0.15) is 24.1 Å². The molecule has 7 heteroatoms. The molecule has 0 aliphatic rings. The number of aromatic nitrogens is 1. The SMILES string of the molecule is COc1c(Cl)cccc1CNC(=O)N[C@@H](C)c1cncc(F)c1. The van der Waals surface area contributed by atoms with Crippen molar-refractivity contribution < 1.29 is 13.9 Å². The number of pyridine rings is 1. The molecular formula is C16H17ClFN3O2. The second-order valence-corrected chi connectivity index (χ2v) is 5.32. The van der Waals surface area contributed by atoms with Gasteiger partial charge in [0.15, 0.2) is 0 Å². The Bertz CT molecular complexity index is 697. The van der Waals surface area contributed by atoms with Gasteiger partial charge in [0.1, 0.15) is 11.6 Å². The van der Waals surface area contributed by atoms with E-state index in [9.17, 15) is 9.18 Å². The molecule has 0 radical (unpaired) electrons. The molecule has 0 fully saturated rings. The average molecular weight is 338 g/mol. The Hall–Kier alpha value is -2.34. The van der Waals surface area contributed by atoms with Gasteiger partial charge in [0.2, 0.25) is 0 Å². The molecule has 23 heavy (non-hydrogen) atoms. The third kappa shape index (κ3) is 4.56. The van der Waals surface area contributed by atoms with Crippen LogP contribution in [0.25, 0.3) is 0 Å². The molecule has 5 nitrogen and oxygen atoms in total. The smallest absolute Gasteiger partial charge is 0.315 e. The summed E-state index contributed by atoms with van der Waals surface area (Å²) in [5.41, 5.74) is 1.34. The number of halogens is 2. The van der Waals surface area contributed by atoms with E-state index in [1.165, 1.54) is 19.4 Å². The molecule has 0 aliphatic carbocycles. The summed E-state index contributed by atoms with van der Waals surface area (Å²) in [5, 5.41) is 5.91. The summed E-state index contributed by atoms with van der Waals surface area (Å²) < 4.78 is 18.4. The Morgan fingerprint density at radius 3 is 2.91 bits per heavy atom. The van der Waals surface area contributed by atoms with Crippen molar-refractivity contribution in [2.24, 2.45) is 0 Å². The van der Waals surface area contributed by atoms with Crippen LogP contribution in [0.4, 0.5) is 9.18 Å². The number of hydrogen-bond donors (Lipinski definition) is 2. The Morgan fingerprint density at radius 2 is 2.22 bits per heavy atom. The maximum atomic E-state index is 13.1. The first-order chi connectivity index (χ1) is 11.0. The Labute approximate surface area is 138 Å². The number of amides is 2. The number of carbonyl (C=O) groups excluding carboxylic acids is 1. The van der Waals surface area contributed by atoms with Crippen molar-refractivity contribution in [3.8, 4) is 5.75 Å². The maximum absolute atomic E-state index is 13.1. The second-order valence-electron chi connectivity index (χ2n) is 4.92. The highest BCUT2D eigenvalue weighted by molar-refractivity contribution is 6.32. The van der Waals surface area contributed by atoms with Crippen LogP contribution in [0.3, 0.4) is 0 Å². The predicted octanol–water partition coefficient (Wildman–Crippen LogP) is 3.44. The van der Waals surface area contributed by atoms with Crippen molar-refractivity contribution >= 4 is 17.6 Å². The molecule has 0 saturated carbocycles. The fraction of sp³-hybridized carbons (Fsp3) is 0.250. The highest BCUT2D eigenvalue weighted by Gasteiger charge is 2.12. The summed E-state index contributed by atoms with van der Waals surface area (Å²) in [6.07, 6.45) is 2.62. The van der Waals surface area contributed by atoms with Gasteiger partial charge < -0.3 is 15.4 Å². The molecule has 1 heterocycles. The summed E-state index contributed by atoms with van der Waals surface area (Å²) in [6.45, 7) is 2.00. The molecule has 1 atom stereocenters. The van der Waals surface area contributed by atoms with Gasteiger partial charge in [0.05, 0.1) is 24.4 Å². The molecule has 2 aromatic rings.